The maximum atomic E-state index is 13.4. The molecular formula is C23H18FN3O3. The number of ether oxygens (including phenoxy) is 1. The molecule has 1 amide bonds. The van der Waals surface area contributed by atoms with Crippen LogP contribution in [0.4, 0.5) is 10.1 Å². The molecule has 6 nitrogen and oxygen atoms in total. The van der Waals surface area contributed by atoms with Gasteiger partial charge in [0.2, 0.25) is 0 Å². The fourth-order valence-electron chi connectivity index (χ4n) is 3.29. The number of hydrogen-bond donors (Lipinski definition) is 1. The lowest BCUT2D eigenvalue weighted by Crippen LogP contribution is -2.22. The topological polar surface area (TPSA) is 73.2 Å². The summed E-state index contributed by atoms with van der Waals surface area (Å²) in [4.78, 5) is 30.0. The van der Waals surface area contributed by atoms with Crippen molar-refractivity contribution >= 4 is 22.5 Å². The van der Waals surface area contributed by atoms with Crippen LogP contribution in [0.5, 0.6) is 5.75 Å². The second-order valence-corrected chi connectivity index (χ2v) is 6.67. The normalized spacial score (nSPS) is 10.8. The van der Waals surface area contributed by atoms with Crippen LogP contribution in [0.25, 0.3) is 16.6 Å². The smallest absolute Gasteiger partial charge is 0.265 e. The maximum absolute atomic E-state index is 13.4. The van der Waals surface area contributed by atoms with E-state index >= 15 is 0 Å². The lowest BCUT2D eigenvalue weighted by molar-refractivity contribution is 0.102. The van der Waals surface area contributed by atoms with E-state index in [1.165, 1.54) is 29.9 Å². The predicted molar refractivity (Wildman–Crippen MR) is 113 cm³/mol. The zero-order chi connectivity index (χ0) is 21.3. The summed E-state index contributed by atoms with van der Waals surface area (Å²) in [6, 6.07) is 17.5. The minimum Gasteiger partial charge on any atom is -0.494 e. The fourth-order valence-corrected chi connectivity index (χ4v) is 3.29. The largest absolute Gasteiger partial charge is 0.494 e. The van der Waals surface area contributed by atoms with Crippen molar-refractivity contribution in [2.24, 2.45) is 0 Å². The number of hydrogen-bond acceptors (Lipinski definition) is 4. The second-order valence-electron chi connectivity index (χ2n) is 6.67. The molecule has 0 aliphatic heterocycles. The number of methoxy groups -OCH3 is 1. The van der Waals surface area contributed by atoms with Crippen LogP contribution in [0.1, 0.15) is 16.2 Å². The third-order valence-corrected chi connectivity index (χ3v) is 4.72. The minimum atomic E-state index is -0.497. The number of para-hydroxylation sites is 1. The summed E-state index contributed by atoms with van der Waals surface area (Å²) in [6.07, 6.45) is 0. The van der Waals surface area contributed by atoms with Crippen LogP contribution in [-0.2, 0) is 0 Å². The first kappa shape index (κ1) is 19.3. The quantitative estimate of drug-likeness (QED) is 0.557. The molecule has 0 atom stereocenters. The highest BCUT2D eigenvalue weighted by molar-refractivity contribution is 6.05. The van der Waals surface area contributed by atoms with Crippen molar-refractivity contribution in [1.82, 2.24) is 9.55 Å². The highest BCUT2D eigenvalue weighted by atomic mass is 19.1. The molecule has 0 fully saturated rings. The summed E-state index contributed by atoms with van der Waals surface area (Å²) in [5.74, 6) is -0.0844. The van der Waals surface area contributed by atoms with Crippen LogP contribution in [0, 0.1) is 12.7 Å². The number of benzene rings is 3. The van der Waals surface area contributed by atoms with Crippen LogP contribution in [0.3, 0.4) is 0 Å². The molecule has 0 radical (unpaired) electrons. The van der Waals surface area contributed by atoms with Gasteiger partial charge in [-0.3, -0.25) is 14.2 Å². The van der Waals surface area contributed by atoms with E-state index in [-0.39, 0.29) is 11.1 Å². The van der Waals surface area contributed by atoms with Crippen molar-refractivity contribution in [1.29, 1.82) is 0 Å². The fraction of sp³-hybridized carbons (Fsp3) is 0.0870. The van der Waals surface area contributed by atoms with Crippen LogP contribution in [0.2, 0.25) is 0 Å². The molecule has 0 saturated carbocycles. The molecular weight excluding hydrogens is 385 g/mol. The number of halogens is 1. The van der Waals surface area contributed by atoms with Gasteiger partial charge in [0.05, 0.1) is 29.4 Å². The van der Waals surface area contributed by atoms with E-state index in [1.807, 2.05) is 6.07 Å². The Morgan fingerprint density at radius 3 is 2.63 bits per heavy atom. The van der Waals surface area contributed by atoms with Gasteiger partial charge in [-0.05, 0) is 49.4 Å². The third-order valence-electron chi connectivity index (χ3n) is 4.72. The van der Waals surface area contributed by atoms with E-state index in [0.717, 1.165) is 6.07 Å². The summed E-state index contributed by atoms with van der Waals surface area (Å²) in [6.45, 7) is 1.75. The monoisotopic (exact) mass is 403 g/mol. The summed E-state index contributed by atoms with van der Waals surface area (Å²) < 4.78 is 20.3. The Morgan fingerprint density at radius 1 is 1.07 bits per heavy atom. The molecule has 0 unspecified atom stereocenters. The van der Waals surface area contributed by atoms with Crippen molar-refractivity contribution in [3.8, 4) is 11.4 Å². The minimum absolute atomic E-state index is 0.187. The van der Waals surface area contributed by atoms with Gasteiger partial charge in [0, 0.05) is 11.6 Å². The van der Waals surface area contributed by atoms with Crippen molar-refractivity contribution in [3.63, 3.8) is 0 Å². The lowest BCUT2D eigenvalue weighted by atomic mass is 10.2. The van der Waals surface area contributed by atoms with Gasteiger partial charge in [0.25, 0.3) is 11.5 Å². The van der Waals surface area contributed by atoms with E-state index < -0.39 is 11.7 Å². The molecule has 1 N–H and O–H groups in total. The Balaban J connectivity index is 1.74. The SMILES string of the molecule is COc1cc(-n2c(C)nc3ccccc3c2=O)ccc1NC(=O)c1cccc(F)c1. The standard InChI is InChI=1S/C23H18FN3O3/c1-14-25-19-9-4-3-8-18(19)23(29)27(14)17-10-11-20(21(13-17)30-2)26-22(28)15-6-5-7-16(24)12-15/h3-13H,1-2H3,(H,26,28). The Labute approximate surface area is 171 Å². The molecule has 0 aliphatic carbocycles. The van der Waals surface area contributed by atoms with Gasteiger partial charge in [-0.15, -0.1) is 0 Å². The van der Waals surface area contributed by atoms with Crippen LogP contribution >= 0.6 is 0 Å². The van der Waals surface area contributed by atoms with Gasteiger partial charge in [0.1, 0.15) is 17.4 Å². The summed E-state index contributed by atoms with van der Waals surface area (Å²) in [7, 11) is 1.46. The molecule has 3 aromatic carbocycles. The Bertz CT molecular complexity index is 1330. The maximum Gasteiger partial charge on any atom is 0.265 e. The predicted octanol–water partition coefficient (Wildman–Crippen LogP) is 4.09. The molecule has 30 heavy (non-hydrogen) atoms. The van der Waals surface area contributed by atoms with Gasteiger partial charge in [-0.1, -0.05) is 18.2 Å². The van der Waals surface area contributed by atoms with E-state index in [1.54, 1.807) is 43.3 Å². The summed E-state index contributed by atoms with van der Waals surface area (Å²) in [5, 5.41) is 3.21. The van der Waals surface area contributed by atoms with Crippen molar-refractivity contribution in [2.45, 2.75) is 6.92 Å². The Hall–Kier alpha value is -4.00. The summed E-state index contributed by atoms with van der Waals surface area (Å²) >= 11 is 0. The average Bonchev–Trinajstić information content (AvgIpc) is 2.74. The number of rotatable bonds is 4. The first-order chi connectivity index (χ1) is 14.5. The molecule has 0 bridgehead atoms. The molecule has 0 aliphatic rings. The number of nitrogens with zero attached hydrogens (tertiary/aromatic N) is 2. The van der Waals surface area contributed by atoms with Crippen LogP contribution in [0.15, 0.2) is 71.5 Å². The Kier molecular flexibility index (Phi) is 5.02. The third kappa shape index (κ3) is 3.53. The summed E-state index contributed by atoms with van der Waals surface area (Å²) in [5.41, 5.74) is 1.57. The molecule has 0 spiro atoms. The van der Waals surface area contributed by atoms with Gasteiger partial charge in [0.15, 0.2) is 0 Å². The van der Waals surface area contributed by atoms with E-state index in [2.05, 4.69) is 10.3 Å². The molecule has 0 saturated heterocycles. The number of aromatic nitrogens is 2. The molecule has 1 heterocycles. The highest BCUT2D eigenvalue weighted by Gasteiger charge is 2.14. The molecule has 1 aromatic heterocycles. The number of fused-ring (bicyclic) bond motifs is 1. The molecule has 4 aromatic rings. The number of amides is 1. The number of anilines is 1. The van der Waals surface area contributed by atoms with Crippen LogP contribution in [-0.4, -0.2) is 22.6 Å². The van der Waals surface area contributed by atoms with Crippen molar-refractivity contribution in [3.05, 3.63) is 94.3 Å². The molecule has 7 heteroatoms. The average molecular weight is 403 g/mol. The van der Waals surface area contributed by atoms with Gasteiger partial charge < -0.3 is 10.1 Å². The lowest BCUT2D eigenvalue weighted by Gasteiger charge is -2.15. The first-order valence-electron chi connectivity index (χ1n) is 9.21. The zero-order valence-electron chi connectivity index (χ0n) is 16.3. The van der Waals surface area contributed by atoms with Gasteiger partial charge in [-0.2, -0.15) is 0 Å². The molecule has 150 valence electrons. The highest BCUT2D eigenvalue weighted by Crippen LogP contribution is 2.28. The Morgan fingerprint density at radius 2 is 1.87 bits per heavy atom. The van der Waals surface area contributed by atoms with Crippen molar-refractivity contribution < 1.29 is 13.9 Å². The van der Waals surface area contributed by atoms with Crippen molar-refractivity contribution in [2.75, 3.05) is 12.4 Å². The second kappa shape index (κ2) is 7.79. The van der Waals surface area contributed by atoms with E-state index in [4.69, 9.17) is 4.74 Å². The van der Waals surface area contributed by atoms with E-state index in [9.17, 15) is 14.0 Å². The van der Waals surface area contributed by atoms with Crippen LogP contribution < -0.4 is 15.6 Å². The zero-order valence-corrected chi connectivity index (χ0v) is 16.3. The number of carbonyl (C=O) groups excluding carboxylic acids is 1. The first-order valence-corrected chi connectivity index (χ1v) is 9.21. The van der Waals surface area contributed by atoms with Gasteiger partial charge in [-0.25, -0.2) is 9.37 Å². The number of nitrogens with one attached hydrogen (secondary N) is 1. The number of carbonyl (C=O) groups is 1. The van der Waals surface area contributed by atoms with Gasteiger partial charge >= 0.3 is 0 Å². The van der Waals surface area contributed by atoms with E-state index in [0.29, 0.717) is 33.9 Å². The molecule has 4 rings (SSSR count). The number of aryl methyl sites for hydroxylation is 1.